The highest BCUT2D eigenvalue weighted by Gasteiger charge is 2.25. The Morgan fingerprint density at radius 3 is 2.79 bits per heavy atom. The molecule has 0 amide bonds. The quantitative estimate of drug-likeness (QED) is 0.744. The van der Waals surface area contributed by atoms with E-state index in [-0.39, 0.29) is 17.9 Å². The maximum Gasteiger partial charge on any atom is 0.321 e. The molecule has 1 unspecified atom stereocenters. The van der Waals surface area contributed by atoms with E-state index >= 15 is 0 Å². The summed E-state index contributed by atoms with van der Waals surface area (Å²) in [6.45, 7) is 0.135. The smallest absolute Gasteiger partial charge is 0.321 e. The molecule has 1 heterocycles. The summed E-state index contributed by atoms with van der Waals surface area (Å²) >= 11 is 3.10. The third-order valence-electron chi connectivity index (χ3n) is 2.20. The molecule has 0 aliphatic carbocycles. The van der Waals surface area contributed by atoms with Gasteiger partial charge in [-0.1, -0.05) is 0 Å². The number of ether oxygens (including phenoxy) is 1. The van der Waals surface area contributed by atoms with Crippen molar-refractivity contribution in [3.05, 3.63) is 22.9 Å². The predicted octanol–water partition coefficient (Wildman–Crippen LogP) is 0.612. The standard InChI is InChI=1S/C10H13BrN2O5S/c1-18-3-2-9(10(14)15)13-19(16,17)8-4-7(11)5-12-6-8/h4-6,9,13H,2-3H2,1H3,(H,14,15). The molecule has 9 heteroatoms. The Morgan fingerprint density at radius 2 is 2.26 bits per heavy atom. The van der Waals surface area contributed by atoms with E-state index in [9.17, 15) is 13.2 Å². The topological polar surface area (TPSA) is 106 Å². The molecule has 0 fully saturated rings. The number of aliphatic carboxylic acids is 1. The van der Waals surface area contributed by atoms with Crippen molar-refractivity contribution in [1.82, 2.24) is 9.71 Å². The molecule has 0 bridgehead atoms. The van der Waals surface area contributed by atoms with Gasteiger partial charge in [0.15, 0.2) is 0 Å². The third-order valence-corrected chi connectivity index (χ3v) is 4.07. The van der Waals surface area contributed by atoms with Gasteiger partial charge in [0, 0.05) is 30.6 Å². The maximum atomic E-state index is 12.0. The van der Waals surface area contributed by atoms with Crippen molar-refractivity contribution in [2.75, 3.05) is 13.7 Å². The van der Waals surface area contributed by atoms with E-state index < -0.39 is 22.0 Å². The average Bonchev–Trinajstić information content (AvgIpc) is 2.34. The minimum Gasteiger partial charge on any atom is -0.480 e. The van der Waals surface area contributed by atoms with Crippen molar-refractivity contribution in [1.29, 1.82) is 0 Å². The highest BCUT2D eigenvalue weighted by Crippen LogP contribution is 2.14. The largest absolute Gasteiger partial charge is 0.480 e. The van der Waals surface area contributed by atoms with E-state index in [4.69, 9.17) is 9.84 Å². The van der Waals surface area contributed by atoms with Crippen LogP contribution in [-0.2, 0) is 19.6 Å². The van der Waals surface area contributed by atoms with Gasteiger partial charge < -0.3 is 9.84 Å². The van der Waals surface area contributed by atoms with Crippen molar-refractivity contribution < 1.29 is 23.1 Å². The number of carboxylic acids is 1. The van der Waals surface area contributed by atoms with Crippen LogP contribution in [0.4, 0.5) is 0 Å². The lowest BCUT2D eigenvalue weighted by molar-refractivity contribution is -0.139. The van der Waals surface area contributed by atoms with Gasteiger partial charge in [-0.2, -0.15) is 4.72 Å². The molecular formula is C10H13BrN2O5S. The summed E-state index contributed by atoms with van der Waals surface area (Å²) < 4.78 is 31.3. The first-order chi connectivity index (χ1) is 8.86. The molecule has 1 rings (SSSR count). The maximum absolute atomic E-state index is 12.0. The number of methoxy groups -OCH3 is 1. The molecule has 1 aromatic rings. The number of rotatable bonds is 7. The highest BCUT2D eigenvalue weighted by atomic mass is 79.9. The minimum absolute atomic E-state index is 0.0342. The van der Waals surface area contributed by atoms with E-state index in [0.717, 1.165) is 6.20 Å². The van der Waals surface area contributed by atoms with Gasteiger partial charge in [0.25, 0.3) is 0 Å². The molecule has 0 saturated heterocycles. The van der Waals surface area contributed by atoms with Gasteiger partial charge in [-0.3, -0.25) is 9.78 Å². The number of sulfonamides is 1. The average molecular weight is 353 g/mol. The summed E-state index contributed by atoms with van der Waals surface area (Å²) in [6, 6.07) is 0.0915. The first kappa shape index (κ1) is 16.0. The van der Waals surface area contributed by atoms with E-state index in [1.54, 1.807) is 0 Å². The zero-order valence-electron chi connectivity index (χ0n) is 10.0. The second-order valence-electron chi connectivity index (χ2n) is 3.63. The van der Waals surface area contributed by atoms with Crippen LogP contribution in [-0.4, -0.2) is 44.2 Å². The van der Waals surface area contributed by atoms with Crippen LogP contribution in [0.5, 0.6) is 0 Å². The van der Waals surface area contributed by atoms with Crippen molar-refractivity contribution >= 4 is 31.9 Å². The minimum atomic E-state index is -3.94. The van der Waals surface area contributed by atoms with Crippen LogP contribution in [0.1, 0.15) is 6.42 Å². The van der Waals surface area contributed by atoms with Gasteiger partial charge in [0.2, 0.25) is 10.0 Å². The summed E-state index contributed by atoms with van der Waals surface area (Å²) in [7, 11) is -2.53. The third kappa shape index (κ3) is 4.86. The molecule has 0 aliphatic heterocycles. The van der Waals surface area contributed by atoms with Gasteiger partial charge in [0.1, 0.15) is 10.9 Å². The molecule has 1 aromatic heterocycles. The normalized spacial score (nSPS) is 13.2. The number of aromatic nitrogens is 1. The first-order valence-electron chi connectivity index (χ1n) is 5.21. The van der Waals surface area contributed by atoms with E-state index in [1.807, 2.05) is 0 Å². The molecule has 0 aromatic carbocycles. The summed E-state index contributed by atoms with van der Waals surface area (Å²) in [4.78, 5) is 14.6. The fraction of sp³-hybridized carbons (Fsp3) is 0.400. The number of hydrogen-bond acceptors (Lipinski definition) is 5. The number of nitrogens with one attached hydrogen (secondary N) is 1. The molecule has 106 valence electrons. The van der Waals surface area contributed by atoms with Gasteiger partial charge in [-0.15, -0.1) is 0 Å². The Labute approximate surface area is 119 Å². The number of carboxylic acid groups (broad SMARTS) is 1. The van der Waals surface area contributed by atoms with Crippen LogP contribution in [0.25, 0.3) is 0 Å². The lowest BCUT2D eigenvalue weighted by Crippen LogP contribution is -2.41. The highest BCUT2D eigenvalue weighted by molar-refractivity contribution is 9.10. The van der Waals surface area contributed by atoms with Crippen LogP contribution >= 0.6 is 15.9 Å². The number of carbonyl (C=O) groups is 1. The van der Waals surface area contributed by atoms with Crippen molar-refractivity contribution in [2.24, 2.45) is 0 Å². The Bertz CT molecular complexity index is 549. The lowest BCUT2D eigenvalue weighted by atomic mass is 10.2. The zero-order chi connectivity index (χ0) is 14.5. The molecule has 0 saturated carbocycles. The fourth-order valence-corrected chi connectivity index (χ4v) is 2.99. The van der Waals surface area contributed by atoms with Crippen LogP contribution in [0, 0.1) is 0 Å². The molecule has 0 radical (unpaired) electrons. The molecule has 19 heavy (non-hydrogen) atoms. The first-order valence-corrected chi connectivity index (χ1v) is 7.49. The van der Waals surface area contributed by atoms with E-state index in [0.29, 0.717) is 4.47 Å². The molecular weight excluding hydrogens is 340 g/mol. The molecule has 7 nitrogen and oxygen atoms in total. The van der Waals surface area contributed by atoms with E-state index in [2.05, 4.69) is 25.6 Å². The Morgan fingerprint density at radius 1 is 1.58 bits per heavy atom. The zero-order valence-corrected chi connectivity index (χ0v) is 12.4. The van der Waals surface area contributed by atoms with Gasteiger partial charge in [-0.25, -0.2) is 8.42 Å². The summed E-state index contributed by atoms with van der Waals surface area (Å²) in [5.41, 5.74) is 0. The number of halogens is 1. The second-order valence-corrected chi connectivity index (χ2v) is 6.26. The Balaban J connectivity index is 2.91. The fourth-order valence-electron chi connectivity index (χ4n) is 1.26. The monoisotopic (exact) mass is 352 g/mol. The van der Waals surface area contributed by atoms with Crippen LogP contribution in [0.2, 0.25) is 0 Å². The van der Waals surface area contributed by atoms with Crippen LogP contribution in [0.15, 0.2) is 27.8 Å². The van der Waals surface area contributed by atoms with Gasteiger partial charge >= 0.3 is 5.97 Å². The van der Waals surface area contributed by atoms with Gasteiger partial charge in [-0.05, 0) is 28.4 Å². The predicted molar refractivity (Wildman–Crippen MR) is 70.2 cm³/mol. The van der Waals surface area contributed by atoms with Crippen molar-refractivity contribution in [2.45, 2.75) is 17.4 Å². The summed E-state index contributed by atoms with van der Waals surface area (Å²) in [6.07, 6.45) is 2.60. The SMILES string of the molecule is COCCC(NS(=O)(=O)c1cncc(Br)c1)C(=O)O. The summed E-state index contributed by atoms with van der Waals surface area (Å²) in [5.74, 6) is -1.26. The lowest BCUT2D eigenvalue weighted by Gasteiger charge is -2.14. The molecule has 0 aliphatic rings. The molecule has 0 spiro atoms. The number of hydrogen-bond donors (Lipinski definition) is 2. The van der Waals surface area contributed by atoms with Crippen LogP contribution < -0.4 is 4.72 Å². The van der Waals surface area contributed by atoms with Crippen LogP contribution in [0.3, 0.4) is 0 Å². The van der Waals surface area contributed by atoms with Crippen molar-refractivity contribution in [3.63, 3.8) is 0 Å². The second kappa shape index (κ2) is 6.94. The number of pyridine rings is 1. The summed E-state index contributed by atoms with van der Waals surface area (Å²) in [5, 5.41) is 8.96. The van der Waals surface area contributed by atoms with Gasteiger partial charge in [0.05, 0.1) is 0 Å². The number of nitrogens with zero attached hydrogens (tertiary/aromatic N) is 1. The van der Waals surface area contributed by atoms with E-state index in [1.165, 1.54) is 19.4 Å². The Hall–Kier alpha value is -1.03. The van der Waals surface area contributed by atoms with Crippen molar-refractivity contribution in [3.8, 4) is 0 Å². The molecule has 1 atom stereocenters. The Kier molecular flexibility index (Phi) is 5.85. The molecule has 2 N–H and O–H groups in total.